The predicted octanol–water partition coefficient (Wildman–Crippen LogP) is 1.05. The van der Waals surface area contributed by atoms with Gasteiger partial charge in [0.2, 0.25) is 10.0 Å². The molecule has 0 bridgehead atoms. The van der Waals surface area contributed by atoms with Gasteiger partial charge in [-0.15, -0.1) is 0 Å². The lowest BCUT2D eigenvalue weighted by atomic mass is 9.94. The number of rotatable bonds is 6. The molecule has 16 heavy (non-hydrogen) atoms. The Morgan fingerprint density at radius 2 is 1.94 bits per heavy atom. The summed E-state index contributed by atoms with van der Waals surface area (Å²) in [7, 11) is -1.23. The first kappa shape index (κ1) is 13.9. The van der Waals surface area contributed by atoms with Crippen molar-refractivity contribution in [2.45, 2.75) is 32.6 Å². The van der Waals surface area contributed by atoms with Gasteiger partial charge in [0.1, 0.15) is 0 Å². The zero-order chi connectivity index (χ0) is 12.0. The van der Waals surface area contributed by atoms with E-state index in [0.717, 1.165) is 31.8 Å². The summed E-state index contributed by atoms with van der Waals surface area (Å²) in [6.45, 7) is 4.17. The van der Waals surface area contributed by atoms with Crippen molar-refractivity contribution in [2.24, 2.45) is 5.92 Å². The van der Waals surface area contributed by atoms with Crippen molar-refractivity contribution < 1.29 is 8.42 Å². The van der Waals surface area contributed by atoms with Crippen molar-refractivity contribution in [3.63, 3.8) is 0 Å². The van der Waals surface area contributed by atoms with Crippen LogP contribution in [0.4, 0.5) is 0 Å². The molecule has 0 aliphatic carbocycles. The molecule has 5 heteroatoms. The van der Waals surface area contributed by atoms with Gasteiger partial charge in [-0.2, -0.15) is 0 Å². The van der Waals surface area contributed by atoms with Crippen LogP contribution >= 0.6 is 0 Å². The lowest BCUT2D eigenvalue weighted by molar-refractivity contribution is 0.262. The number of hydrogen-bond donors (Lipinski definition) is 1. The van der Waals surface area contributed by atoms with E-state index in [0.29, 0.717) is 6.54 Å². The number of hydrogen-bond acceptors (Lipinski definition) is 3. The Bertz CT molecular complexity index is 282. The normalized spacial score (nSPS) is 20.1. The second-order valence-corrected chi connectivity index (χ2v) is 6.64. The minimum Gasteiger partial charge on any atom is -0.319 e. The second kappa shape index (κ2) is 6.57. The van der Waals surface area contributed by atoms with Crippen LogP contribution < -0.4 is 5.32 Å². The fraction of sp³-hybridized carbons (Fsp3) is 1.00. The Kier molecular flexibility index (Phi) is 5.72. The van der Waals surface area contributed by atoms with E-state index in [1.165, 1.54) is 12.8 Å². The molecular weight excluding hydrogens is 224 g/mol. The van der Waals surface area contributed by atoms with Crippen molar-refractivity contribution in [3.05, 3.63) is 0 Å². The molecule has 0 spiro atoms. The molecule has 0 atom stereocenters. The highest BCUT2D eigenvalue weighted by atomic mass is 32.2. The van der Waals surface area contributed by atoms with Crippen LogP contribution in [0.25, 0.3) is 0 Å². The van der Waals surface area contributed by atoms with Crippen LogP contribution in [0.1, 0.15) is 32.6 Å². The minimum atomic E-state index is -3.01. The van der Waals surface area contributed by atoms with E-state index >= 15 is 0 Å². The predicted molar refractivity (Wildman–Crippen MR) is 66.9 cm³/mol. The van der Waals surface area contributed by atoms with Crippen LogP contribution in [0, 0.1) is 5.92 Å². The number of nitrogens with one attached hydrogen (secondary N) is 1. The summed E-state index contributed by atoms with van der Waals surface area (Å²) in [5.41, 5.74) is 0. The third kappa shape index (κ3) is 4.03. The molecule has 0 amide bonds. The maximum absolute atomic E-state index is 11.9. The van der Waals surface area contributed by atoms with Crippen molar-refractivity contribution in [1.29, 1.82) is 0 Å². The van der Waals surface area contributed by atoms with Gasteiger partial charge in [-0.05, 0) is 25.8 Å². The molecule has 1 aliphatic rings. The Balaban J connectivity index is 2.40. The Labute approximate surface area is 99.5 Å². The minimum absolute atomic E-state index is 0.224. The third-order valence-electron chi connectivity index (χ3n) is 3.27. The van der Waals surface area contributed by atoms with Gasteiger partial charge in [0.15, 0.2) is 0 Å². The van der Waals surface area contributed by atoms with E-state index < -0.39 is 10.0 Å². The lowest BCUT2D eigenvalue weighted by Crippen LogP contribution is -2.41. The average molecular weight is 248 g/mol. The summed E-state index contributed by atoms with van der Waals surface area (Å²) in [4.78, 5) is 0. The standard InChI is InChI=1S/C11H24N2O2S/c1-3-4-11-5-8-13(9-6-11)16(14,15)10-7-12-2/h11-12H,3-10H2,1-2H3. The number of sulfonamides is 1. The van der Waals surface area contributed by atoms with Gasteiger partial charge in [-0.1, -0.05) is 19.8 Å². The van der Waals surface area contributed by atoms with Gasteiger partial charge < -0.3 is 5.32 Å². The summed E-state index contributed by atoms with van der Waals surface area (Å²) >= 11 is 0. The first-order valence-corrected chi connectivity index (χ1v) is 7.83. The van der Waals surface area contributed by atoms with Gasteiger partial charge >= 0.3 is 0 Å². The number of nitrogens with zero attached hydrogens (tertiary/aromatic N) is 1. The van der Waals surface area contributed by atoms with Gasteiger partial charge in [-0.25, -0.2) is 12.7 Å². The molecule has 1 saturated heterocycles. The van der Waals surface area contributed by atoms with Gasteiger partial charge in [-0.3, -0.25) is 0 Å². The Morgan fingerprint density at radius 1 is 1.31 bits per heavy atom. The topological polar surface area (TPSA) is 49.4 Å². The first-order valence-electron chi connectivity index (χ1n) is 6.22. The highest BCUT2D eigenvalue weighted by molar-refractivity contribution is 7.89. The van der Waals surface area contributed by atoms with Crippen molar-refractivity contribution in [2.75, 3.05) is 32.4 Å². The molecule has 0 radical (unpaired) electrons. The van der Waals surface area contributed by atoms with Crippen LogP contribution in [0.2, 0.25) is 0 Å². The zero-order valence-corrected chi connectivity index (χ0v) is 11.2. The molecule has 0 saturated carbocycles. The summed E-state index contributed by atoms with van der Waals surface area (Å²) in [5.74, 6) is 0.961. The maximum Gasteiger partial charge on any atom is 0.215 e. The molecule has 0 unspecified atom stereocenters. The molecule has 1 fully saturated rings. The quantitative estimate of drug-likeness (QED) is 0.764. The van der Waals surface area contributed by atoms with Crippen LogP contribution in [0.5, 0.6) is 0 Å². The van der Waals surface area contributed by atoms with Gasteiger partial charge in [0.05, 0.1) is 5.75 Å². The largest absolute Gasteiger partial charge is 0.319 e. The van der Waals surface area contributed by atoms with E-state index in [1.807, 2.05) is 0 Å². The Morgan fingerprint density at radius 3 is 2.44 bits per heavy atom. The second-order valence-electron chi connectivity index (χ2n) is 4.55. The molecule has 1 N–H and O–H groups in total. The first-order chi connectivity index (χ1) is 7.60. The van der Waals surface area contributed by atoms with Gasteiger partial charge in [0.25, 0.3) is 0 Å². The highest BCUT2D eigenvalue weighted by Crippen LogP contribution is 2.23. The maximum atomic E-state index is 11.9. The van der Waals surface area contributed by atoms with Crippen LogP contribution in [-0.2, 0) is 10.0 Å². The molecular formula is C11H24N2O2S. The fourth-order valence-corrected chi connectivity index (χ4v) is 3.73. The third-order valence-corrected chi connectivity index (χ3v) is 5.15. The van der Waals surface area contributed by atoms with Gasteiger partial charge in [0, 0.05) is 19.6 Å². The van der Waals surface area contributed by atoms with E-state index in [-0.39, 0.29) is 5.75 Å². The van der Waals surface area contributed by atoms with E-state index in [1.54, 1.807) is 11.4 Å². The molecule has 96 valence electrons. The number of piperidine rings is 1. The van der Waals surface area contributed by atoms with Crippen molar-refractivity contribution in [3.8, 4) is 0 Å². The van der Waals surface area contributed by atoms with E-state index in [4.69, 9.17) is 0 Å². The van der Waals surface area contributed by atoms with Crippen molar-refractivity contribution in [1.82, 2.24) is 9.62 Å². The molecule has 1 rings (SSSR count). The summed E-state index contributed by atoms with van der Waals surface area (Å²) < 4.78 is 25.5. The SMILES string of the molecule is CCCC1CCN(S(=O)(=O)CCNC)CC1. The summed E-state index contributed by atoms with van der Waals surface area (Å²) in [5, 5.41) is 2.89. The monoisotopic (exact) mass is 248 g/mol. The summed E-state index contributed by atoms with van der Waals surface area (Å²) in [6.07, 6.45) is 4.51. The van der Waals surface area contributed by atoms with Crippen LogP contribution in [0.15, 0.2) is 0 Å². The zero-order valence-electron chi connectivity index (χ0n) is 10.4. The fourth-order valence-electron chi connectivity index (χ4n) is 2.24. The molecule has 0 aromatic rings. The molecule has 0 aromatic carbocycles. The molecule has 1 heterocycles. The molecule has 4 nitrogen and oxygen atoms in total. The lowest BCUT2D eigenvalue weighted by Gasteiger charge is -2.31. The molecule has 0 aromatic heterocycles. The highest BCUT2D eigenvalue weighted by Gasteiger charge is 2.26. The Hall–Kier alpha value is -0.130. The van der Waals surface area contributed by atoms with E-state index in [2.05, 4.69) is 12.2 Å². The molecule has 1 aliphatic heterocycles. The van der Waals surface area contributed by atoms with Crippen molar-refractivity contribution >= 4 is 10.0 Å². The van der Waals surface area contributed by atoms with Crippen LogP contribution in [0.3, 0.4) is 0 Å². The average Bonchev–Trinajstić information content (AvgIpc) is 2.28. The summed E-state index contributed by atoms with van der Waals surface area (Å²) in [6, 6.07) is 0. The van der Waals surface area contributed by atoms with Crippen LogP contribution in [-0.4, -0.2) is 45.2 Å². The van der Waals surface area contributed by atoms with E-state index in [9.17, 15) is 8.42 Å². The smallest absolute Gasteiger partial charge is 0.215 e.